The van der Waals surface area contributed by atoms with E-state index in [1.165, 1.54) is 4.90 Å². The Bertz CT molecular complexity index is 601. The predicted molar refractivity (Wildman–Crippen MR) is 83.4 cm³/mol. The Balaban J connectivity index is 1.88. The summed E-state index contributed by atoms with van der Waals surface area (Å²) in [7, 11) is 0. The maximum Gasteiger partial charge on any atom is 0.407 e. The summed E-state index contributed by atoms with van der Waals surface area (Å²) in [5.41, 5.74) is 0.712. The monoisotopic (exact) mass is 426 g/mol. The molecule has 1 aromatic rings. The molecule has 8 heteroatoms. The van der Waals surface area contributed by atoms with Crippen LogP contribution in [0.1, 0.15) is 5.56 Å². The van der Waals surface area contributed by atoms with Crippen LogP contribution in [0, 0.1) is 9.39 Å². The third-order valence-electron chi connectivity index (χ3n) is 3.86. The SMILES string of the molecule is O=C(O)N1CCN2Cc3cc(Cl)c(I)c(F)c3OC[C@H]2C1. The van der Waals surface area contributed by atoms with Crippen molar-refractivity contribution in [2.24, 2.45) is 0 Å². The number of halogens is 3. The highest BCUT2D eigenvalue weighted by atomic mass is 127. The van der Waals surface area contributed by atoms with E-state index in [4.69, 9.17) is 21.4 Å². The van der Waals surface area contributed by atoms with Gasteiger partial charge in [0.25, 0.3) is 0 Å². The molecule has 1 fully saturated rings. The van der Waals surface area contributed by atoms with E-state index < -0.39 is 11.9 Å². The van der Waals surface area contributed by atoms with Crippen molar-refractivity contribution in [3.8, 4) is 5.75 Å². The number of rotatable bonds is 0. The van der Waals surface area contributed by atoms with Gasteiger partial charge in [0, 0.05) is 31.7 Å². The zero-order chi connectivity index (χ0) is 15.1. The average molecular weight is 427 g/mol. The number of nitrogens with zero attached hydrogens (tertiary/aromatic N) is 2. The minimum atomic E-state index is -0.930. The lowest BCUT2D eigenvalue weighted by Gasteiger charge is -2.38. The van der Waals surface area contributed by atoms with Gasteiger partial charge >= 0.3 is 6.09 Å². The molecule has 21 heavy (non-hydrogen) atoms. The summed E-state index contributed by atoms with van der Waals surface area (Å²) in [6, 6.07) is 1.66. The molecule has 1 atom stereocenters. The summed E-state index contributed by atoms with van der Waals surface area (Å²) in [4.78, 5) is 14.6. The summed E-state index contributed by atoms with van der Waals surface area (Å²) >= 11 is 7.89. The summed E-state index contributed by atoms with van der Waals surface area (Å²) < 4.78 is 20.2. The molecule has 1 amide bonds. The molecule has 2 heterocycles. The number of carbonyl (C=O) groups is 1. The number of hydrogen-bond acceptors (Lipinski definition) is 3. The van der Waals surface area contributed by atoms with Gasteiger partial charge in [-0.25, -0.2) is 9.18 Å². The highest BCUT2D eigenvalue weighted by Gasteiger charge is 2.33. The van der Waals surface area contributed by atoms with Crippen molar-refractivity contribution in [2.45, 2.75) is 12.6 Å². The Hall–Kier alpha value is -0.800. The number of benzene rings is 1. The van der Waals surface area contributed by atoms with Crippen molar-refractivity contribution >= 4 is 40.3 Å². The van der Waals surface area contributed by atoms with Gasteiger partial charge in [0.05, 0.1) is 14.6 Å². The third-order valence-corrected chi connectivity index (χ3v) is 5.53. The average Bonchev–Trinajstić information content (AvgIpc) is 2.63. The van der Waals surface area contributed by atoms with Gasteiger partial charge < -0.3 is 14.7 Å². The quantitative estimate of drug-likeness (QED) is 0.512. The normalized spacial score (nSPS) is 22.0. The highest BCUT2D eigenvalue weighted by Crippen LogP contribution is 2.35. The van der Waals surface area contributed by atoms with Gasteiger partial charge in [-0.2, -0.15) is 0 Å². The second-order valence-corrected chi connectivity index (χ2v) is 6.62. The zero-order valence-electron chi connectivity index (χ0n) is 11.0. The van der Waals surface area contributed by atoms with E-state index in [9.17, 15) is 9.18 Å². The van der Waals surface area contributed by atoms with Gasteiger partial charge in [0.15, 0.2) is 11.6 Å². The summed E-state index contributed by atoms with van der Waals surface area (Å²) in [5, 5.41) is 9.45. The molecule has 1 N–H and O–H groups in total. The molecule has 0 aromatic heterocycles. The first-order valence-corrected chi connectivity index (χ1v) is 7.94. The number of carboxylic acid groups (broad SMARTS) is 1. The standard InChI is InChI=1S/C13H13ClFIN2O3/c14-9-3-7-4-17-1-2-18(13(19)20)5-8(17)6-21-12(7)10(15)11(9)16/h3,8H,1-2,4-6H2,(H,19,20)/t8-/m1/s1. The number of hydrogen-bond donors (Lipinski definition) is 1. The molecule has 0 radical (unpaired) electrons. The van der Waals surface area contributed by atoms with E-state index >= 15 is 0 Å². The van der Waals surface area contributed by atoms with Gasteiger partial charge in [0.2, 0.25) is 0 Å². The van der Waals surface area contributed by atoms with Crippen LogP contribution in [0.3, 0.4) is 0 Å². The maximum atomic E-state index is 14.3. The summed E-state index contributed by atoms with van der Waals surface area (Å²) in [6.07, 6.45) is -0.930. The molecule has 0 saturated carbocycles. The lowest BCUT2D eigenvalue weighted by molar-refractivity contribution is 0.0499. The Morgan fingerprint density at radius 3 is 3.00 bits per heavy atom. The molecular formula is C13H13ClFIN2O3. The molecule has 0 unspecified atom stereocenters. The fraction of sp³-hybridized carbons (Fsp3) is 0.462. The van der Waals surface area contributed by atoms with E-state index in [0.717, 1.165) is 0 Å². The number of ether oxygens (including phenoxy) is 1. The fourth-order valence-electron chi connectivity index (χ4n) is 2.73. The van der Waals surface area contributed by atoms with Crippen LogP contribution >= 0.6 is 34.2 Å². The zero-order valence-corrected chi connectivity index (χ0v) is 13.9. The Kier molecular flexibility index (Phi) is 4.15. The molecule has 114 valence electrons. The first kappa shape index (κ1) is 15.1. The molecule has 0 aliphatic carbocycles. The molecular weight excluding hydrogens is 414 g/mol. The van der Waals surface area contributed by atoms with Gasteiger partial charge in [0.1, 0.15) is 6.61 Å². The maximum absolute atomic E-state index is 14.3. The van der Waals surface area contributed by atoms with Crippen LogP contribution in [0.2, 0.25) is 5.02 Å². The van der Waals surface area contributed by atoms with Crippen LogP contribution in [0.15, 0.2) is 6.07 Å². The minimum Gasteiger partial charge on any atom is -0.488 e. The van der Waals surface area contributed by atoms with Crippen LogP contribution in [-0.2, 0) is 6.54 Å². The molecule has 5 nitrogen and oxygen atoms in total. The van der Waals surface area contributed by atoms with Gasteiger partial charge in [-0.05, 0) is 28.7 Å². The van der Waals surface area contributed by atoms with E-state index in [1.54, 1.807) is 6.07 Å². The highest BCUT2D eigenvalue weighted by molar-refractivity contribution is 14.1. The summed E-state index contributed by atoms with van der Waals surface area (Å²) in [6.45, 7) is 2.20. The number of amides is 1. The molecule has 1 aromatic carbocycles. The lowest BCUT2D eigenvalue weighted by Crippen LogP contribution is -2.55. The molecule has 2 aliphatic heterocycles. The van der Waals surface area contributed by atoms with E-state index in [-0.39, 0.29) is 18.4 Å². The third kappa shape index (κ3) is 2.78. The summed E-state index contributed by atoms with van der Waals surface area (Å²) in [5.74, 6) is -0.201. The Labute approximate surface area is 139 Å². The molecule has 0 spiro atoms. The van der Waals surface area contributed by atoms with Crippen LogP contribution in [0.5, 0.6) is 5.75 Å². The first-order chi connectivity index (χ1) is 9.97. The lowest BCUT2D eigenvalue weighted by atomic mass is 10.1. The number of piperazine rings is 1. The molecule has 3 rings (SSSR count). The van der Waals surface area contributed by atoms with Crippen LogP contribution < -0.4 is 4.74 Å². The molecule has 2 aliphatic rings. The van der Waals surface area contributed by atoms with Gasteiger partial charge in [-0.1, -0.05) is 11.6 Å². The van der Waals surface area contributed by atoms with E-state index in [1.807, 2.05) is 22.6 Å². The van der Waals surface area contributed by atoms with E-state index in [2.05, 4.69) is 4.90 Å². The first-order valence-electron chi connectivity index (χ1n) is 6.48. The second kappa shape index (κ2) is 5.77. The van der Waals surface area contributed by atoms with Crippen molar-refractivity contribution in [2.75, 3.05) is 26.2 Å². The number of fused-ring (bicyclic) bond motifs is 2. The van der Waals surface area contributed by atoms with Gasteiger partial charge in [-0.3, -0.25) is 4.90 Å². The molecule has 1 saturated heterocycles. The largest absolute Gasteiger partial charge is 0.488 e. The Morgan fingerprint density at radius 1 is 1.52 bits per heavy atom. The van der Waals surface area contributed by atoms with Crippen LogP contribution in [0.25, 0.3) is 0 Å². The minimum absolute atomic E-state index is 0.0712. The Morgan fingerprint density at radius 2 is 2.29 bits per heavy atom. The fourth-order valence-corrected chi connectivity index (χ4v) is 3.35. The van der Waals surface area contributed by atoms with Crippen molar-refractivity contribution < 1.29 is 19.0 Å². The van der Waals surface area contributed by atoms with Crippen LogP contribution in [0.4, 0.5) is 9.18 Å². The van der Waals surface area contributed by atoms with Crippen molar-refractivity contribution in [3.63, 3.8) is 0 Å². The van der Waals surface area contributed by atoms with E-state index in [0.29, 0.717) is 40.3 Å². The second-order valence-electron chi connectivity index (χ2n) is 5.14. The van der Waals surface area contributed by atoms with Gasteiger partial charge in [-0.15, -0.1) is 0 Å². The van der Waals surface area contributed by atoms with Crippen molar-refractivity contribution in [1.29, 1.82) is 0 Å². The predicted octanol–water partition coefficient (Wildman–Crippen LogP) is 2.64. The van der Waals surface area contributed by atoms with Crippen LogP contribution in [-0.4, -0.2) is 53.3 Å². The van der Waals surface area contributed by atoms with Crippen molar-refractivity contribution in [1.82, 2.24) is 9.80 Å². The smallest absolute Gasteiger partial charge is 0.407 e. The topological polar surface area (TPSA) is 53.0 Å². The van der Waals surface area contributed by atoms with Crippen molar-refractivity contribution in [3.05, 3.63) is 26.0 Å². The molecule has 0 bridgehead atoms.